The number of rotatable bonds is 2. The van der Waals surface area contributed by atoms with E-state index in [4.69, 9.17) is 10.5 Å². The molecule has 2 aromatic carbocycles. The predicted octanol–water partition coefficient (Wildman–Crippen LogP) is 4.38. The van der Waals surface area contributed by atoms with Gasteiger partial charge in [0, 0.05) is 24.7 Å². The first kappa shape index (κ1) is 22.3. The Morgan fingerprint density at radius 3 is 2.72 bits per heavy atom. The molecule has 186 valence electrons. The number of piperidine rings is 1. The molecule has 2 aliphatic rings. The van der Waals surface area contributed by atoms with Crippen LogP contribution in [0.4, 0.5) is 27.8 Å². The molecule has 36 heavy (non-hydrogen) atoms. The summed E-state index contributed by atoms with van der Waals surface area (Å²) in [5.41, 5.74) is 6.62. The maximum absolute atomic E-state index is 15.1. The number of likely N-dealkylation sites (tertiary alicyclic amines) is 1. The fourth-order valence-electron chi connectivity index (χ4n) is 4.98. The van der Waals surface area contributed by atoms with Gasteiger partial charge >= 0.3 is 6.36 Å². The molecule has 4 heterocycles. The number of hydrogen-bond acceptors (Lipinski definition) is 6. The van der Waals surface area contributed by atoms with Crippen molar-refractivity contribution in [1.29, 1.82) is 0 Å². The Balaban J connectivity index is 1.42. The molecule has 2 atom stereocenters. The van der Waals surface area contributed by atoms with Gasteiger partial charge in [-0.2, -0.15) is 0 Å². The van der Waals surface area contributed by atoms with E-state index in [9.17, 15) is 18.0 Å². The number of carbonyl (C=O) groups excluding carboxylic acids is 1. The highest BCUT2D eigenvalue weighted by Crippen LogP contribution is 2.48. The van der Waals surface area contributed by atoms with Crippen LogP contribution in [0.2, 0.25) is 0 Å². The zero-order valence-corrected chi connectivity index (χ0v) is 18.2. The highest BCUT2D eigenvalue weighted by molar-refractivity contribution is 5.99. The number of fused-ring (bicyclic) bond motifs is 6. The molecule has 0 spiro atoms. The third-order valence-corrected chi connectivity index (χ3v) is 6.41. The van der Waals surface area contributed by atoms with Gasteiger partial charge in [-0.05, 0) is 18.9 Å². The van der Waals surface area contributed by atoms with E-state index in [1.54, 1.807) is 4.40 Å². The van der Waals surface area contributed by atoms with Crippen molar-refractivity contribution in [1.82, 2.24) is 19.3 Å². The number of alkyl halides is 3. The van der Waals surface area contributed by atoms with Crippen LogP contribution in [0.15, 0.2) is 36.8 Å². The maximum atomic E-state index is 15.1. The quantitative estimate of drug-likeness (QED) is 0.407. The topological polar surface area (TPSA) is 95.0 Å². The van der Waals surface area contributed by atoms with Crippen molar-refractivity contribution in [2.45, 2.75) is 31.3 Å². The average molecular weight is 505 g/mol. The molecule has 0 bridgehead atoms. The molecule has 1 amide bonds. The van der Waals surface area contributed by atoms with Crippen molar-refractivity contribution in [3.05, 3.63) is 59.6 Å². The van der Waals surface area contributed by atoms with E-state index in [0.29, 0.717) is 29.9 Å². The number of carbonyl (C=O) groups is 1. The lowest BCUT2D eigenvalue weighted by Crippen LogP contribution is -2.45. The van der Waals surface area contributed by atoms with Crippen LogP contribution in [-0.2, 0) is 0 Å². The summed E-state index contributed by atoms with van der Waals surface area (Å²) < 4.78 is 79.2. The fraction of sp³-hybridized carbons (Fsp3) is 0.261. The van der Waals surface area contributed by atoms with Crippen molar-refractivity contribution in [3.8, 4) is 11.5 Å². The number of nitrogen functional groups attached to an aromatic ring is 1. The van der Waals surface area contributed by atoms with Crippen LogP contribution in [-0.4, -0.2) is 44.2 Å². The SMILES string of the molecule is Nc1nc2cc(F)c(C(=O)N3CCCC4Oc5cc(OC(F)(F)F)cc(F)c5C43)cc2n2cncc12. The molecule has 1 fully saturated rings. The summed E-state index contributed by atoms with van der Waals surface area (Å²) in [6, 6.07) is 2.99. The Morgan fingerprint density at radius 1 is 1.14 bits per heavy atom. The van der Waals surface area contributed by atoms with Gasteiger partial charge in [-0.15, -0.1) is 13.2 Å². The Morgan fingerprint density at radius 2 is 1.94 bits per heavy atom. The van der Waals surface area contributed by atoms with Gasteiger partial charge in [0.1, 0.15) is 46.6 Å². The maximum Gasteiger partial charge on any atom is 0.573 e. The monoisotopic (exact) mass is 505 g/mol. The lowest BCUT2D eigenvalue weighted by molar-refractivity contribution is -0.274. The van der Waals surface area contributed by atoms with Gasteiger partial charge in [-0.25, -0.2) is 18.7 Å². The van der Waals surface area contributed by atoms with E-state index in [0.717, 1.165) is 12.1 Å². The fourth-order valence-corrected chi connectivity index (χ4v) is 4.98. The van der Waals surface area contributed by atoms with E-state index in [2.05, 4.69) is 14.7 Å². The summed E-state index contributed by atoms with van der Waals surface area (Å²) in [5.74, 6) is -3.37. The smallest absolute Gasteiger partial charge is 0.487 e. The highest BCUT2D eigenvalue weighted by atomic mass is 19.4. The normalized spacial score (nSPS) is 19.3. The molecule has 0 saturated carbocycles. The van der Waals surface area contributed by atoms with Gasteiger partial charge < -0.3 is 20.1 Å². The molecule has 2 N–H and O–H groups in total. The van der Waals surface area contributed by atoms with Crippen LogP contribution in [0.5, 0.6) is 11.5 Å². The van der Waals surface area contributed by atoms with Crippen molar-refractivity contribution in [3.63, 3.8) is 0 Å². The van der Waals surface area contributed by atoms with Crippen molar-refractivity contribution in [2.24, 2.45) is 0 Å². The molecule has 2 unspecified atom stereocenters. The summed E-state index contributed by atoms with van der Waals surface area (Å²) in [5, 5.41) is 0. The van der Waals surface area contributed by atoms with E-state index >= 15 is 8.78 Å². The molecule has 4 aromatic rings. The van der Waals surface area contributed by atoms with Crippen LogP contribution < -0.4 is 15.2 Å². The highest BCUT2D eigenvalue weighted by Gasteiger charge is 2.46. The standard InChI is InChI=1S/C23H16F5N5O3/c24-12-7-14-15(33-9-30-8-16(33)21(29)31-14)6-11(12)22(34)32-3-1-2-17-20(32)19-13(25)4-10(5-18(19)35-17)36-23(26,27)28/h4-9,17,20H,1-3H2,(H2,29,31). The minimum absolute atomic E-state index is 0.0739. The number of anilines is 1. The van der Waals surface area contributed by atoms with Crippen molar-refractivity contribution in [2.75, 3.05) is 12.3 Å². The summed E-state index contributed by atoms with van der Waals surface area (Å²) >= 11 is 0. The third-order valence-electron chi connectivity index (χ3n) is 6.41. The van der Waals surface area contributed by atoms with Gasteiger partial charge in [-0.1, -0.05) is 0 Å². The minimum Gasteiger partial charge on any atom is -0.487 e. The second kappa shape index (κ2) is 7.67. The molecule has 2 aliphatic heterocycles. The zero-order valence-electron chi connectivity index (χ0n) is 18.2. The summed E-state index contributed by atoms with van der Waals surface area (Å²) in [4.78, 5) is 23.1. The first-order valence-electron chi connectivity index (χ1n) is 10.9. The molecule has 0 radical (unpaired) electrons. The molecule has 1 saturated heterocycles. The van der Waals surface area contributed by atoms with E-state index in [1.807, 2.05) is 0 Å². The Labute approximate surface area is 199 Å². The number of nitrogens with zero attached hydrogens (tertiary/aromatic N) is 4. The molecule has 0 aliphatic carbocycles. The van der Waals surface area contributed by atoms with Gasteiger partial charge in [0.25, 0.3) is 5.91 Å². The number of ether oxygens (including phenoxy) is 2. The van der Waals surface area contributed by atoms with Crippen LogP contribution in [0, 0.1) is 11.6 Å². The largest absolute Gasteiger partial charge is 0.573 e. The van der Waals surface area contributed by atoms with Crippen LogP contribution >= 0.6 is 0 Å². The van der Waals surface area contributed by atoms with Crippen LogP contribution in [0.3, 0.4) is 0 Å². The van der Waals surface area contributed by atoms with Crippen molar-refractivity contribution < 1.29 is 36.2 Å². The van der Waals surface area contributed by atoms with E-state index in [1.165, 1.54) is 23.5 Å². The predicted molar refractivity (Wildman–Crippen MR) is 115 cm³/mol. The first-order valence-corrected chi connectivity index (χ1v) is 10.9. The number of hydrogen-bond donors (Lipinski definition) is 1. The number of imidazole rings is 1. The van der Waals surface area contributed by atoms with Crippen LogP contribution in [0.25, 0.3) is 16.6 Å². The second-order valence-corrected chi connectivity index (χ2v) is 8.57. The number of amides is 1. The van der Waals surface area contributed by atoms with E-state index < -0.39 is 41.8 Å². The molecule has 13 heteroatoms. The molecular weight excluding hydrogens is 489 g/mol. The molecule has 6 rings (SSSR count). The lowest BCUT2D eigenvalue weighted by Gasteiger charge is -2.36. The minimum atomic E-state index is -5.01. The third kappa shape index (κ3) is 3.45. The summed E-state index contributed by atoms with van der Waals surface area (Å²) in [6.45, 7) is 0.168. The summed E-state index contributed by atoms with van der Waals surface area (Å²) in [7, 11) is 0. The number of benzene rings is 2. The van der Waals surface area contributed by atoms with Gasteiger partial charge in [0.2, 0.25) is 0 Å². The molecule has 8 nitrogen and oxygen atoms in total. The number of halogens is 5. The lowest BCUT2D eigenvalue weighted by atomic mass is 9.93. The van der Waals surface area contributed by atoms with Crippen molar-refractivity contribution >= 4 is 28.3 Å². The molecule has 2 aromatic heterocycles. The van der Waals surface area contributed by atoms with Gasteiger partial charge in [0.05, 0.1) is 34.7 Å². The Kier molecular flexibility index (Phi) is 4.75. The number of nitrogens with two attached hydrogens (primary N) is 1. The van der Waals surface area contributed by atoms with E-state index in [-0.39, 0.29) is 34.8 Å². The molecular formula is C23H16F5N5O3. The van der Waals surface area contributed by atoms with Crippen LogP contribution in [0.1, 0.15) is 34.8 Å². The number of aromatic nitrogens is 3. The Bertz CT molecular complexity index is 1550. The first-order chi connectivity index (χ1) is 17.1. The summed E-state index contributed by atoms with van der Waals surface area (Å²) in [6.07, 6.45) is -1.89. The Hall–Kier alpha value is -4.16. The van der Waals surface area contributed by atoms with Gasteiger partial charge in [-0.3, -0.25) is 9.20 Å². The second-order valence-electron chi connectivity index (χ2n) is 8.57. The van der Waals surface area contributed by atoms with Gasteiger partial charge in [0.15, 0.2) is 0 Å². The average Bonchev–Trinajstić information content (AvgIpc) is 3.42. The zero-order chi connectivity index (χ0) is 25.4.